The van der Waals surface area contributed by atoms with Crippen LogP contribution in [-0.4, -0.2) is 18.5 Å². The van der Waals surface area contributed by atoms with Gasteiger partial charge in [0.1, 0.15) is 0 Å². The van der Waals surface area contributed by atoms with Gasteiger partial charge in [0, 0.05) is 5.02 Å². The van der Waals surface area contributed by atoms with Crippen LogP contribution < -0.4 is 4.74 Å². The maximum Gasteiger partial charge on any atom is 0.315 e. The second-order valence-corrected chi connectivity index (χ2v) is 7.74. The SMILES string of the molecule is CCCCCOC(=O)C1CCCCC1C(=O)Oc1c(Cl)cc(Cl)cc1Cl. The summed E-state index contributed by atoms with van der Waals surface area (Å²) in [6, 6.07) is 2.91. The standard InChI is InChI=1S/C19H23Cl3O4/c1-2-3-6-9-25-18(23)13-7-4-5-8-14(13)19(24)26-17-15(21)10-12(20)11-16(17)22/h10-11,13-14H,2-9H2,1H3. The highest BCUT2D eigenvalue weighted by Gasteiger charge is 2.38. The second kappa shape index (κ2) is 10.4. The molecule has 0 heterocycles. The predicted octanol–water partition coefficient (Wildman–Crippen LogP) is 6.09. The molecule has 1 aromatic rings. The third-order valence-electron chi connectivity index (χ3n) is 4.53. The maximum atomic E-state index is 12.7. The van der Waals surface area contributed by atoms with E-state index in [1.807, 2.05) is 0 Å². The fraction of sp³-hybridized carbons (Fsp3) is 0.579. The lowest BCUT2D eigenvalue weighted by molar-refractivity contribution is -0.158. The first-order valence-corrected chi connectivity index (χ1v) is 10.1. The van der Waals surface area contributed by atoms with E-state index < -0.39 is 17.8 Å². The maximum absolute atomic E-state index is 12.7. The molecule has 0 amide bonds. The third kappa shape index (κ3) is 5.77. The fourth-order valence-corrected chi connectivity index (χ4v) is 4.02. The zero-order chi connectivity index (χ0) is 19.1. The van der Waals surface area contributed by atoms with Gasteiger partial charge in [0.25, 0.3) is 0 Å². The quantitative estimate of drug-likeness (QED) is 0.303. The van der Waals surface area contributed by atoms with Crippen molar-refractivity contribution in [2.75, 3.05) is 6.61 Å². The van der Waals surface area contributed by atoms with Gasteiger partial charge in [-0.05, 0) is 31.4 Å². The zero-order valence-corrected chi connectivity index (χ0v) is 17.0. The molecular formula is C19H23Cl3O4. The minimum atomic E-state index is -0.551. The first kappa shape index (κ1) is 21.3. The van der Waals surface area contributed by atoms with E-state index in [-0.39, 0.29) is 21.8 Å². The molecule has 1 saturated carbocycles. The number of halogens is 3. The normalized spacial score (nSPS) is 19.8. The number of esters is 2. The minimum absolute atomic E-state index is 0.0726. The lowest BCUT2D eigenvalue weighted by Crippen LogP contribution is -2.36. The van der Waals surface area contributed by atoms with E-state index in [9.17, 15) is 9.59 Å². The molecule has 4 nitrogen and oxygen atoms in total. The molecule has 2 atom stereocenters. The van der Waals surface area contributed by atoms with Crippen molar-refractivity contribution in [3.8, 4) is 5.75 Å². The Kier molecular flexibility index (Phi) is 8.52. The van der Waals surface area contributed by atoms with E-state index in [4.69, 9.17) is 44.3 Å². The van der Waals surface area contributed by atoms with Crippen LogP contribution in [0.1, 0.15) is 51.9 Å². The third-order valence-corrected chi connectivity index (χ3v) is 5.31. The van der Waals surface area contributed by atoms with Gasteiger partial charge in [-0.2, -0.15) is 0 Å². The summed E-state index contributed by atoms with van der Waals surface area (Å²) in [6.07, 6.45) is 5.85. The topological polar surface area (TPSA) is 52.6 Å². The van der Waals surface area contributed by atoms with Crippen LogP contribution in [0.25, 0.3) is 0 Å². The Morgan fingerprint density at radius 3 is 2.15 bits per heavy atom. The molecule has 0 aliphatic heterocycles. The summed E-state index contributed by atoms with van der Waals surface area (Å²) in [7, 11) is 0. The summed E-state index contributed by atoms with van der Waals surface area (Å²) >= 11 is 18.0. The van der Waals surface area contributed by atoms with Crippen LogP contribution in [0.2, 0.25) is 15.1 Å². The first-order chi connectivity index (χ1) is 12.4. The van der Waals surface area contributed by atoms with E-state index in [1.165, 1.54) is 12.1 Å². The van der Waals surface area contributed by atoms with Crippen LogP contribution in [0.15, 0.2) is 12.1 Å². The predicted molar refractivity (Wildman–Crippen MR) is 103 cm³/mol. The largest absolute Gasteiger partial charge is 0.465 e. The number of carbonyl (C=O) groups excluding carboxylic acids is 2. The molecule has 144 valence electrons. The molecule has 0 saturated heterocycles. The molecule has 1 aliphatic rings. The fourth-order valence-electron chi connectivity index (χ4n) is 3.13. The van der Waals surface area contributed by atoms with Crippen molar-refractivity contribution in [1.82, 2.24) is 0 Å². The highest BCUT2D eigenvalue weighted by atomic mass is 35.5. The number of carbonyl (C=O) groups is 2. The number of rotatable bonds is 7. The van der Waals surface area contributed by atoms with Gasteiger partial charge in [-0.3, -0.25) is 9.59 Å². The Hall–Kier alpha value is -0.970. The first-order valence-electron chi connectivity index (χ1n) is 8.97. The Morgan fingerprint density at radius 1 is 1.00 bits per heavy atom. The molecule has 0 N–H and O–H groups in total. The van der Waals surface area contributed by atoms with Gasteiger partial charge in [0.2, 0.25) is 0 Å². The molecule has 2 unspecified atom stereocenters. The van der Waals surface area contributed by atoms with Crippen LogP contribution in [0.4, 0.5) is 0 Å². The van der Waals surface area contributed by atoms with Gasteiger partial charge in [0.15, 0.2) is 5.75 Å². The number of hydrogen-bond acceptors (Lipinski definition) is 4. The molecule has 26 heavy (non-hydrogen) atoms. The van der Waals surface area contributed by atoms with Crippen LogP contribution >= 0.6 is 34.8 Å². The summed E-state index contributed by atoms with van der Waals surface area (Å²) in [6.45, 7) is 2.47. The second-order valence-electron chi connectivity index (χ2n) is 6.49. The van der Waals surface area contributed by atoms with E-state index in [0.29, 0.717) is 24.5 Å². The Balaban J connectivity index is 2.04. The lowest BCUT2D eigenvalue weighted by Gasteiger charge is -2.28. The summed E-state index contributed by atoms with van der Waals surface area (Å²) in [5.74, 6) is -1.79. The molecule has 2 rings (SSSR count). The van der Waals surface area contributed by atoms with E-state index in [2.05, 4.69) is 6.92 Å². The Bertz CT molecular complexity index is 625. The van der Waals surface area contributed by atoms with Gasteiger partial charge in [-0.25, -0.2) is 0 Å². The number of ether oxygens (including phenoxy) is 2. The van der Waals surface area contributed by atoms with Gasteiger partial charge >= 0.3 is 11.9 Å². The van der Waals surface area contributed by atoms with Crippen molar-refractivity contribution in [3.63, 3.8) is 0 Å². The van der Waals surface area contributed by atoms with Crippen LogP contribution in [0, 0.1) is 11.8 Å². The van der Waals surface area contributed by atoms with Crippen molar-refractivity contribution in [2.45, 2.75) is 51.9 Å². The minimum Gasteiger partial charge on any atom is -0.465 e. The molecule has 0 bridgehead atoms. The average Bonchev–Trinajstić information content (AvgIpc) is 2.61. The molecule has 0 spiro atoms. The summed E-state index contributed by atoms with van der Waals surface area (Å²) in [5, 5.41) is 0.668. The van der Waals surface area contributed by atoms with E-state index >= 15 is 0 Å². The van der Waals surface area contributed by atoms with E-state index in [0.717, 1.165) is 32.1 Å². The van der Waals surface area contributed by atoms with Crippen LogP contribution in [0.5, 0.6) is 5.75 Å². The van der Waals surface area contributed by atoms with Crippen LogP contribution in [0.3, 0.4) is 0 Å². The zero-order valence-electron chi connectivity index (χ0n) is 14.7. The smallest absolute Gasteiger partial charge is 0.315 e. The molecule has 1 fully saturated rings. The lowest BCUT2D eigenvalue weighted by atomic mass is 9.79. The van der Waals surface area contributed by atoms with Gasteiger partial charge in [-0.15, -0.1) is 0 Å². The molecule has 1 aliphatic carbocycles. The molecule has 0 radical (unpaired) electrons. The van der Waals surface area contributed by atoms with Crippen molar-refractivity contribution in [2.24, 2.45) is 11.8 Å². The molecule has 1 aromatic carbocycles. The Labute approximate surface area is 169 Å². The van der Waals surface area contributed by atoms with Crippen molar-refractivity contribution in [1.29, 1.82) is 0 Å². The van der Waals surface area contributed by atoms with Crippen molar-refractivity contribution < 1.29 is 19.1 Å². The molecule has 7 heteroatoms. The number of benzene rings is 1. The highest BCUT2D eigenvalue weighted by Crippen LogP contribution is 2.38. The monoisotopic (exact) mass is 420 g/mol. The Morgan fingerprint density at radius 2 is 1.58 bits per heavy atom. The van der Waals surface area contributed by atoms with Crippen molar-refractivity contribution >= 4 is 46.7 Å². The van der Waals surface area contributed by atoms with E-state index in [1.54, 1.807) is 0 Å². The molecular weight excluding hydrogens is 399 g/mol. The summed E-state index contributed by atoms with van der Waals surface area (Å²) < 4.78 is 10.8. The average molecular weight is 422 g/mol. The van der Waals surface area contributed by atoms with Gasteiger partial charge in [-0.1, -0.05) is 67.4 Å². The number of unbranched alkanes of at least 4 members (excludes halogenated alkanes) is 2. The summed E-state index contributed by atoms with van der Waals surface area (Å²) in [5.41, 5.74) is 0. The van der Waals surface area contributed by atoms with Gasteiger partial charge < -0.3 is 9.47 Å². The van der Waals surface area contributed by atoms with Crippen molar-refractivity contribution in [3.05, 3.63) is 27.2 Å². The molecule has 0 aromatic heterocycles. The highest BCUT2D eigenvalue weighted by molar-refractivity contribution is 6.40. The summed E-state index contributed by atoms with van der Waals surface area (Å²) in [4.78, 5) is 25.1. The van der Waals surface area contributed by atoms with Gasteiger partial charge in [0.05, 0.1) is 28.5 Å². The van der Waals surface area contributed by atoms with Crippen LogP contribution in [-0.2, 0) is 14.3 Å². The number of hydrogen-bond donors (Lipinski definition) is 0.